The molecule has 2 aliphatic rings. The van der Waals surface area contributed by atoms with Gasteiger partial charge in [-0.2, -0.15) is 0 Å². The summed E-state index contributed by atoms with van der Waals surface area (Å²) in [7, 11) is 2.12. The first kappa shape index (κ1) is 15.5. The van der Waals surface area contributed by atoms with Crippen molar-refractivity contribution in [3.05, 3.63) is 35.4 Å². The SMILES string of the molecule is Cc1ccccc1CCC(=O)N1CC2(CC(CO)CN2C)C1. The lowest BCUT2D eigenvalue weighted by molar-refractivity contribution is -0.143. The second-order valence-electron chi connectivity index (χ2n) is 7.03. The summed E-state index contributed by atoms with van der Waals surface area (Å²) in [6.45, 7) is 4.95. The minimum absolute atomic E-state index is 0.131. The van der Waals surface area contributed by atoms with Crippen molar-refractivity contribution in [2.45, 2.75) is 31.7 Å². The molecule has 22 heavy (non-hydrogen) atoms. The van der Waals surface area contributed by atoms with Gasteiger partial charge >= 0.3 is 0 Å². The molecule has 1 aromatic carbocycles. The third-order valence-electron chi connectivity index (χ3n) is 5.46. The molecule has 4 heteroatoms. The molecule has 1 amide bonds. The van der Waals surface area contributed by atoms with Crippen molar-refractivity contribution in [2.24, 2.45) is 5.92 Å². The standard InChI is InChI=1S/C18H26N2O2/c1-14-5-3-4-6-16(14)7-8-17(22)20-12-18(13-20)9-15(11-21)10-19(18)2/h3-6,15,21H,7-13H2,1-2H3. The molecule has 0 saturated carbocycles. The highest BCUT2D eigenvalue weighted by Gasteiger charge is 2.52. The summed E-state index contributed by atoms with van der Waals surface area (Å²) in [5.74, 6) is 0.629. The summed E-state index contributed by atoms with van der Waals surface area (Å²) in [4.78, 5) is 16.7. The number of benzene rings is 1. The summed E-state index contributed by atoms with van der Waals surface area (Å²) < 4.78 is 0. The Hall–Kier alpha value is -1.39. The highest BCUT2D eigenvalue weighted by atomic mass is 16.3. The summed E-state index contributed by atoms with van der Waals surface area (Å²) in [6, 6.07) is 8.28. The first-order valence-corrected chi connectivity index (χ1v) is 8.18. The van der Waals surface area contributed by atoms with Gasteiger partial charge in [-0.3, -0.25) is 9.69 Å². The van der Waals surface area contributed by atoms with Crippen molar-refractivity contribution >= 4 is 5.91 Å². The monoisotopic (exact) mass is 302 g/mol. The third kappa shape index (κ3) is 2.77. The molecule has 0 aromatic heterocycles. The van der Waals surface area contributed by atoms with Crippen LogP contribution in [0.2, 0.25) is 0 Å². The van der Waals surface area contributed by atoms with Gasteiger partial charge < -0.3 is 10.0 Å². The van der Waals surface area contributed by atoms with Gasteiger partial charge in [-0.1, -0.05) is 24.3 Å². The van der Waals surface area contributed by atoms with Crippen molar-refractivity contribution in [1.29, 1.82) is 0 Å². The van der Waals surface area contributed by atoms with Crippen molar-refractivity contribution < 1.29 is 9.90 Å². The maximum absolute atomic E-state index is 12.4. The number of rotatable bonds is 4. The van der Waals surface area contributed by atoms with Crippen molar-refractivity contribution in [1.82, 2.24) is 9.80 Å². The van der Waals surface area contributed by atoms with E-state index in [1.165, 1.54) is 11.1 Å². The van der Waals surface area contributed by atoms with Gasteiger partial charge in [-0.15, -0.1) is 0 Å². The van der Waals surface area contributed by atoms with E-state index in [4.69, 9.17) is 0 Å². The lowest BCUT2D eigenvalue weighted by Crippen LogP contribution is -2.68. The van der Waals surface area contributed by atoms with Crippen LogP contribution in [0.15, 0.2) is 24.3 Å². The van der Waals surface area contributed by atoms with E-state index in [9.17, 15) is 9.90 Å². The predicted molar refractivity (Wildman–Crippen MR) is 86.6 cm³/mol. The largest absolute Gasteiger partial charge is 0.396 e. The molecular weight excluding hydrogens is 276 g/mol. The Kier molecular flexibility index (Phi) is 4.24. The average Bonchev–Trinajstić information content (AvgIpc) is 2.81. The van der Waals surface area contributed by atoms with Gasteiger partial charge in [0.05, 0.1) is 5.54 Å². The Morgan fingerprint density at radius 2 is 2.09 bits per heavy atom. The van der Waals surface area contributed by atoms with Gasteiger partial charge in [0.2, 0.25) is 5.91 Å². The molecular formula is C18H26N2O2. The topological polar surface area (TPSA) is 43.8 Å². The van der Waals surface area contributed by atoms with Crippen LogP contribution in [-0.2, 0) is 11.2 Å². The molecule has 4 nitrogen and oxygen atoms in total. The first-order valence-electron chi connectivity index (χ1n) is 8.18. The molecule has 2 aliphatic heterocycles. The molecule has 2 heterocycles. The zero-order valence-corrected chi connectivity index (χ0v) is 13.6. The Morgan fingerprint density at radius 3 is 2.73 bits per heavy atom. The van der Waals surface area contributed by atoms with E-state index in [-0.39, 0.29) is 18.1 Å². The fourth-order valence-corrected chi connectivity index (χ4v) is 3.96. The first-order chi connectivity index (χ1) is 10.5. The quantitative estimate of drug-likeness (QED) is 0.915. The van der Waals surface area contributed by atoms with Crippen molar-refractivity contribution in [2.75, 3.05) is 33.3 Å². The Labute approximate surface area is 132 Å². The predicted octanol–water partition coefficient (Wildman–Crippen LogP) is 1.45. The maximum Gasteiger partial charge on any atom is 0.223 e. The number of likely N-dealkylation sites (tertiary alicyclic amines) is 2. The number of aliphatic hydroxyl groups is 1. The molecule has 1 unspecified atom stereocenters. The molecule has 1 atom stereocenters. The second-order valence-corrected chi connectivity index (χ2v) is 7.03. The van der Waals surface area contributed by atoms with Gasteiger partial charge in [0.1, 0.15) is 0 Å². The molecule has 2 fully saturated rings. The number of aliphatic hydroxyl groups excluding tert-OH is 1. The van der Waals surface area contributed by atoms with Crippen LogP contribution in [0.4, 0.5) is 0 Å². The number of nitrogens with zero attached hydrogens (tertiary/aromatic N) is 2. The van der Waals surface area contributed by atoms with E-state index in [1.807, 2.05) is 17.0 Å². The number of carbonyl (C=O) groups excluding carboxylic acids is 1. The van der Waals surface area contributed by atoms with Crippen LogP contribution in [0.5, 0.6) is 0 Å². The van der Waals surface area contributed by atoms with Crippen LogP contribution < -0.4 is 0 Å². The second kappa shape index (κ2) is 6.01. The molecule has 1 aromatic rings. The van der Waals surface area contributed by atoms with Crippen LogP contribution in [0.25, 0.3) is 0 Å². The lowest BCUT2D eigenvalue weighted by atomic mass is 9.84. The summed E-state index contributed by atoms with van der Waals surface area (Å²) in [5.41, 5.74) is 2.66. The van der Waals surface area contributed by atoms with Crippen molar-refractivity contribution in [3.63, 3.8) is 0 Å². The number of hydrogen-bond acceptors (Lipinski definition) is 3. The third-order valence-corrected chi connectivity index (χ3v) is 5.46. The number of hydrogen-bond donors (Lipinski definition) is 1. The normalized spacial score (nSPS) is 23.8. The zero-order valence-electron chi connectivity index (χ0n) is 13.6. The smallest absolute Gasteiger partial charge is 0.223 e. The van der Waals surface area contributed by atoms with E-state index in [2.05, 4.69) is 31.0 Å². The zero-order chi connectivity index (χ0) is 15.7. The van der Waals surface area contributed by atoms with E-state index in [0.717, 1.165) is 32.5 Å². The Balaban J connectivity index is 1.51. The molecule has 0 radical (unpaired) electrons. The van der Waals surface area contributed by atoms with E-state index < -0.39 is 0 Å². The summed E-state index contributed by atoms with van der Waals surface area (Å²) in [5, 5.41) is 9.34. The summed E-state index contributed by atoms with van der Waals surface area (Å²) in [6.07, 6.45) is 2.43. The van der Waals surface area contributed by atoms with E-state index in [1.54, 1.807) is 0 Å². The molecule has 1 N–H and O–H groups in total. The van der Waals surface area contributed by atoms with Gasteiger partial charge in [0.25, 0.3) is 0 Å². The average molecular weight is 302 g/mol. The van der Waals surface area contributed by atoms with Crippen LogP contribution in [-0.4, -0.2) is 59.6 Å². The molecule has 120 valence electrons. The summed E-state index contributed by atoms with van der Waals surface area (Å²) >= 11 is 0. The highest BCUT2D eigenvalue weighted by Crippen LogP contribution is 2.39. The molecule has 3 rings (SSSR count). The molecule has 2 saturated heterocycles. The van der Waals surface area contributed by atoms with Crippen molar-refractivity contribution in [3.8, 4) is 0 Å². The van der Waals surface area contributed by atoms with Crippen LogP contribution in [0.1, 0.15) is 24.0 Å². The Bertz CT molecular complexity index is 552. The maximum atomic E-state index is 12.4. The number of amides is 1. The molecule has 1 spiro atoms. The number of likely N-dealkylation sites (N-methyl/N-ethyl adjacent to an activating group) is 1. The molecule has 0 aliphatic carbocycles. The van der Waals surface area contributed by atoms with Crippen LogP contribution in [0, 0.1) is 12.8 Å². The fraction of sp³-hybridized carbons (Fsp3) is 0.611. The fourth-order valence-electron chi connectivity index (χ4n) is 3.96. The highest BCUT2D eigenvalue weighted by molar-refractivity contribution is 5.78. The number of aryl methyl sites for hydroxylation is 2. The minimum Gasteiger partial charge on any atom is -0.396 e. The Morgan fingerprint density at radius 1 is 1.36 bits per heavy atom. The van der Waals surface area contributed by atoms with E-state index >= 15 is 0 Å². The van der Waals surface area contributed by atoms with Gasteiger partial charge in [-0.05, 0) is 43.9 Å². The van der Waals surface area contributed by atoms with Gasteiger partial charge in [0.15, 0.2) is 0 Å². The molecule has 0 bridgehead atoms. The number of carbonyl (C=O) groups is 1. The lowest BCUT2D eigenvalue weighted by Gasteiger charge is -2.52. The van der Waals surface area contributed by atoms with Gasteiger partial charge in [0, 0.05) is 32.7 Å². The van der Waals surface area contributed by atoms with Gasteiger partial charge in [-0.25, -0.2) is 0 Å². The van der Waals surface area contributed by atoms with E-state index in [0.29, 0.717) is 12.3 Å². The van der Waals surface area contributed by atoms with Crippen LogP contribution in [0.3, 0.4) is 0 Å². The minimum atomic E-state index is 0.131. The van der Waals surface area contributed by atoms with Crippen LogP contribution >= 0.6 is 0 Å².